The van der Waals surface area contributed by atoms with Crippen LogP contribution in [0.4, 0.5) is 0 Å². The molecule has 1 saturated heterocycles. The molecule has 0 aliphatic carbocycles. The van der Waals surface area contributed by atoms with E-state index in [0.717, 1.165) is 6.42 Å². The van der Waals surface area contributed by atoms with Gasteiger partial charge in [0, 0.05) is 20.0 Å². The van der Waals surface area contributed by atoms with Crippen molar-refractivity contribution in [2.75, 3.05) is 19.6 Å². The smallest absolute Gasteiger partial charge is 0.311 e. The zero-order valence-corrected chi connectivity index (χ0v) is 10.9. The van der Waals surface area contributed by atoms with Crippen molar-refractivity contribution in [1.29, 1.82) is 0 Å². The van der Waals surface area contributed by atoms with E-state index in [1.54, 1.807) is 0 Å². The molecule has 1 aliphatic heterocycles. The van der Waals surface area contributed by atoms with E-state index in [4.69, 9.17) is 0 Å². The summed E-state index contributed by atoms with van der Waals surface area (Å²) in [5.74, 6) is -1.32. The SMILES string of the molecule is CCCC1(C(=O)O)CCN(C(=O)CNC(C)=O)C1. The van der Waals surface area contributed by atoms with Gasteiger partial charge in [-0.05, 0) is 12.8 Å². The number of likely N-dealkylation sites (tertiary alicyclic amines) is 1. The molecule has 1 fully saturated rings. The Morgan fingerprint density at radius 1 is 1.39 bits per heavy atom. The van der Waals surface area contributed by atoms with Gasteiger partial charge in [-0.25, -0.2) is 0 Å². The summed E-state index contributed by atoms with van der Waals surface area (Å²) in [6.45, 7) is 3.92. The standard InChI is InChI=1S/C12H20N2O4/c1-3-4-12(11(17)18)5-6-14(8-12)10(16)7-13-9(2)15/h3-8H2,1-2H3,(H,13,15)(H,17,18). The van der Waals surface area contributed by atoms with E-state index in [1.165, 1.54) is 11.8 Å². The topological polar surface area (TPSA) is 86.7 Å². The Hall–Kier alpha value is -1.59. The van der Waals surface area contributed by atoms with Crippen molar-refractivity contribution < 1.29 is 19.5 Å². The fourth-order valence-corrected chi connectivity index (χ4v) is 2.36. The van der Waals surface area contributed by atoms with Gasteiger partial charge in [-0.3, -0.25) is 14.4 Å². The highest BCUT2D eigenvalue weighted by atomic mass is 16.4. The molecule has 6 nitrogen and oxygen atoms in total. The van der Waals surface area contributed by atoms with Crippen molar-refractivity contribution in [2.24, 2.45) is 5.41 Å². The molecule has 0 aromatic rings. The maximum absolute atomic E-state index is 11.8. The molecule has 0 radical (unpaired) electrons. The quantitative estimate of drug-likeness (QED) is 0.737. The van der Waals surface area contributed by atoms with Gasteiger partial charge in [0.25, 0.3) is 0 Å². The fraction of sp³-hybridized carbons (Fsp3) is 0.750. The van der Waals surface area contributed by atoms with E-state index in [-0.39, 0.29) is 24.9 Å². The minimum atomic E-state index is -0.834. The van der Waals surface area contributed by atoms with Crippen LogP contribution < -0.4 is 5.32 Å². The second kappa shape index (κ2) is 5.84. The first-order valence-corrected chi connectivity index (χ1v) is 6.17. The van der Waals surface area contributed by atoms with Gasteiger partial charge in [0.05, 0.1) is 12.0 Å². The zero-order valence-electron chi connectivity index (χ0n) is 10.9. The van der Waals surface area contributed by atoms with E-state index in [9.17, 15) is 19.5 Å². The zero-order chi connectivity index (χ0) is 13.8. The number of carboxylic acid groups (broad SMARTS) is 1. The van der Waals surface area contributed by atoms with E-state index in [0.29, 0.717) is 19.4 Å². The first kappa shape index (κ1) is 14.5. The highest BCUT2D eigenvalue weighted by Gasteiger charge is 2.45. The summed E-state index contributed by atoms with van der Waals surface area (Å²) in [4.78, 5) is 35.4. The number of aliphatic carboxylic acids is 1. The van der Waals surface area contributed by atoms with Gasteiger partial charge in [0.2, 0.25) is 11.8 Å². The third kappa shape index (κ3) is 3.21. The lowest BCUT2D eigenvalue weighted by atomic mass is 9.83. The van der Waals surface area contributed by atoms with Crippen LogP contribution in [0.1, 0.15) is 33.1 Å². The molecular formula is C12H20N2O4. The maximum atomic E-state index is 11.8. The second-order valence-corrected chi connectivity index (χ2v) is 4.81. The van der Waals surface area contributed by atoms with E-state index >= 15 is 0 Å². The molecule has 2 N–H and O–H groups in total. The Kier molecular flexibility index (Phi) is 4.69. The van der Waals surface area contributed by atoms with Gasteiger partial charge in [-0.1, -0.05) is 13.3 Å². The first-order chi connectivity index (χ1) is 8.41. The summed E-state index contributed by atoms with van der Waals surface area (Å²) in [5.41, 5.74) is -0.805. The summed E-state index contributed by atoms with van der Waals surface area (Å²) in [6, 6.07) is 0. The molecule has 1 atom stereocenters. The highest BCUT2D eigenvalue weighted by Crippen LogP contribution is 2.35. The molecule has 0 bridgehead atoms. The number of amides is 2. The average Bonchev–Trinajstić information content (AvgIpc) is 2.72. The molecule has 0 aromatic carbocycles. The Morgan fingerprint density at radius 2 is 2.06 bits per heavy atom. The molecule has 0 aromatic heterocycles. The van der Waals surface area contributed by atoms with Crippen LogP contribution in [0.3, 0.4) is 0 Å². The number of carboxylic acids is 1. The molecule has 18 heavy (non-hydrogen) atoms. The highest BCUT2D eigenvalue weighted by molar-refractivity contribution is 5.85. The third-order valence-corrected chi connectivity index (χ3v) is 3.38. The van der Waals surface area contributed by atoms with Gasteiger partial charge < -0.3 is 15.3 Å². The lowest BCUT2D eigenvalue weighted by molar-refractivity contribution is -0.149. The molecule has 1 aliphatic rings. The summed E-state index contributed by atoms with van der Waals surface area (Å²) >= 11 is 0. The second-order valence-electron chi connectivity index (χ2n) is 4.81. The van der Waals surface area contributed by atoms with Crippen LogP contribution in [0, 0.1) is 5.41 Å². The molecule has 0 saturated carbocycles. The van der Waals surface area contributed by atoms with Gasteiger partial charge in [-0.15, -0.1) is 0 Å². The molecule has 0 spiro atoms. The molecule has 1 unspecified atom stereocenters. The van der Waals surface area contributed by atoms with Crippen molar-refractivity contribution in [3.8, 4) is 0 Å². The molecule has 1 rings (SSSR count). The maximum Gasteiger partial charge on any atom is 0.311 e. The number of hydrogen-bond donors (Lipinski definition) is 2. The summed E-state index contributed by atoms with van der Waals surface area (Å²) in [6.07, 6.45) is 1.84. The van der Waals surface area contributed by atoms with Crippen molar-refractivity contribution in [3.05, 3.63) is 0 Å². The van der Waals surface area contributed by atoms with Crippen LogP contribution in [0.15, 0.2) is 0 Å². The molecule has 2 amide bonds. The van der Waals surface area contributed by atoms with E-state index in [2.05, 4.69) is 5.32 Å². The van der Waals surface area contributed by atoms with Gasteiger partial charge in [0.15, 0.2) is 0 Å². The normalized spacial score (nSPS) is 22.9. The molecular weight excluding hydrogens is 236 g/mol. The van der Waals surface area contributed by atoms with Crippen molar-refractivity contribution >= 4 is 17.8 Å². The summed E-state index contributed by atoms with van der Waals surface area (Å²) in [7, 11) is 0. The molecule has 6 heteroatoms. The van der Waals surface area contributed by atoms with Gasteiger partial charge >= 0.3 is 5.97 Å². The number of nitrogens with zero attached hydrogens (tertiary/aromatic N) is 1. The minimum Gasteiger partial charge on any atom is -0.481 e. The van der Waals surface area contributed by atoms with Crippen molar-refractivity contribution in [1.82, 2.24) is 10.2 Å². The van der Waals surface area contributed by atoms with Crippen LogP contribution >= 0.6 is 0 Å². The van der Waals surface area contributed by atoms with Crippen molar-refractivity contribution in [3.63, 3.8) is 0 Å². The van der Waals surface area contributed by atoms with Gasteiger partial charge in [-0.2, -0.15) is 0 Å². The average molecular weight is 256 g/mol. The third-order valence-electron chi connectivity index (χ3n) is 3.38. The Labute approximate surface area is 106 Å². The Morgan fingerprint density at radius 3 is 2.56 bits per heavy atom. The number of rotatable bonds is 5. The number of carbonyl (C=O) groups excluding carboxylic acids is 2. The van der Waals surface area contributed by atoms with Crippen LogP contribution in [0.5, 0.6) is 0 Å². The largest absolute Gasteiger partial charge is 0.481 e. The molecule has 102 valence electrons. The van der Waals surface area contributed by atoms with Gasteiger partial charge in [0.1, 0.15) is 0 Å². The lowest BCUT2D eigenvalue weighted by Gasteiger charge is -2.24. The Bertz CT molecular complexity index is 356. The predicted octanol–water partition coefficient (Wildman–Crippen LogP) is 0.226. The van der Waals surface area contributed by atoms with Crippen LogP contribution in [-0.2, 0) is 14.4 Å². The Balaban J connectivity index is 2.60. The fourth-order valence-electron chi connectivity index (χ4n) is 2.36. The molecule has 1 heterocycles. The summed E-state index contributed by atoms with van der Waals surface area (Å²) < 4.78 is 0. The van der Waals surface area contributed by atoms with E-state index in [1.807, 2.05) is 6.92 Å². The number of nitrogens with one attached hydrogen (secondary N) is 1. The van der Waals surface area contributed by atoms with Crippen LogP contribution in [0.2, 0.25) is 0 Å². The van der Waals surface area contributed by atoms with Crippen LogP contribution in [0.25, 0.3) is 0 Å². The lowest BCUT2D eigenvalue weighted by Crippen LogP contribution is -2.41. The van der Waals surface area contributed by atoms with Crippen LogP contribution in [-0.4, -0.2) is 47.4 Å². The predicted molar refractivity (Wildman–Crippen MR) is 64.9 cm³/mol. The monoisotopic (exact) mass is 256 g/mol. The van der Waals surface area contributed by atoms with E-state index < -0.39 is 11.4 Å². The number of carbonyl (C=O) groups is 3. The van der Waals surface area contributed by atoms with Crippen molar-refractivity contribution in [2.45, 2.75) is 33.1 Å². The summed E-state index contributed by atoms with van der Waals surface area (Å²) in [5, 5.41) is 11.7. The number of hydrogen-bond acceptors (Lipinski definition) is 3. The first-order valence-electron chi connectivity index (χ1n) is 6.17. The minimum absolute atomic E-state index is 0.0584.